The van der Waals surface area contributed by atoms with Gasteiger partial charge in [0.1, 0.15) is 13.2 Å². The molecule has 1 aliphatic heterocycles. The van der Waals surface area contributed by atoms with Crippen molar-refractivity contribution in [3.63, 3.8) is 0 Å². The van der Waals surface area contributed by atoms with Gasteiger partial charge in [-0.15, -0.1) is 0 Å². The highest BCUT2D eigenvalue weighted by Crippen LogP contribution is 2.38. The Hall–Kier alpha value is -2.25. The van der Waals surface area contributed by atoms with Gasteiger partial charge in [-0.25, -0.2) is 13.1 Å². The molecular formula is C16H14ClNO5S. The lowest BCUT2D eigenvalue weighted by molar-refractivity contribution is 0.0980. The molecule has 1 heterocycles. The summed E-state index contributed by atoms with van der Waals surface area (Å²) in [6, 6.07) is 9.15. The number of benzene rings is 2. The van der Waals surface area contributed by atoms with E-state index >= 15 is 0 Å². The fourth-order valence-corrected chi connectivity index (χ4v) is 3.82. The van der Waals surface area contributed by atoms with Gasteiger partial charge >= 0.3 is 0 Å². The molecule has 2 aromatic rings. The number of aryl methyl sites for hydroxylation is 1. The van der Waals surface area contributed by atoms with Crippen LogP contribution in [0.15, 0.2) is 41.3 Å². The van der Waals surface area contributed by atoms with Crippen molar-refractivity contribution in [3.8, 4) is 11.5 Å². The Bertz CT molecular complexity index is 911. The van der Waals surface area contributed by atoms with Gasteiger partial charge in [0.2, 0.25) is 0 Å². The Morgan fingerprint density at radius 3 is 2.62 bits per heavy atom. The van der Waals surface area contributed by atoms with Crippen molar-refractivity contribution in [1.29, 1.82) is 0 Å². The highest BCUT2D eigenvalue weighted by molar-refractivity contribution is 7.90. The summed E-state index contributed by atoms with van der Waals surface area (Å²) in [5.41, 5.74) is 0.611. The van der Waals surface area contributed by atoms with Crippen LogP contribution < -0.4 is 14.2 Å². The van der Waals surface area contributed by atoms with Crippen molar-refractivity contribution in [1.82, 2.24) is 4.72 Å². The Balaban J connectivity index is 1.90. The zero-order valence-corrected chi connectivity index (χ0v) is 14.3. The van der Waals surface area contributed by atoms with Crippen molar-refractivity contribution in [3.05, 3.63) is 52.5 Å². The second-order valence-electron chi connectivity index (χ2n) is 5.18. The van der Waals surface area contributed by atoms with Crippen molar-refractivity contribution in [2.45, 2.75) is 11.8 Å². The van der Waals surface area contributed by atoms with Crippen LogP contribution in [0, 0.1) is 6.92 Å². The Morgan fingerprint density at radius 2 is 1.88 bits per heavy atom. The van der Waals surface area contributed by atoms with Gasteiger partial charge in [0.15, 0.2) is 11.5 Å². The maximum atomic E-state index is 12.4. The average Bonchev–Trinajstić information content (AvgIpc) is 2.54. The van der Waals surface area contributed by atoms with E-state index in [4.69, 9.17) is 21.1 Å². The van der Waals surface area contributed by atoms with Gasteiger partial charge in [-0.1, -0.05) is 29.8 Å². The molecule has 3 rings (SSSR count). The Kier molecular flexibility index (Phi) is 4.38. The van der Waals surface area contributed by atoms with Crippen LogP contribution in [0.4, 0.5) is 0 Å². The molecule has 1 N–H and O–H groups in total. The molecule has 0 atom stereocenters. The number of fused-ring (bicyclic) bond motifs is 1. The van der Waals surface area contributed by atoms with Gasteiger partial charge in [0, 0.05) is 5.56 Å². The van der Waals surface area contributed by atoms with E-state index in [-0.39, 0.29) is 15.5 Å². The summed E-state index contributed by atoms with van der Waals surface area (Å²) in [6.07, 6.45) is 0. The smallest absolute Gasteiger partial charge is 0.265 e. The minimum absolute atomic E-state index is 0.0435. The highest BCUT2D eigenvalue weighted by Gasteiger charge is 2.23. The van der Waals surface area contributed by atoms with Gasteiger partial charge in [0.25, 0.3) is 15.9 Å². The molecule has 0 saturated heterocycles. The summed E-state index contributed by atoms with van der Waals surface area (Å²) in [5, 5.41) is 0.186. The predicted molar refractivity (Wildman–Crippen MR) is 88.3 cm³/mol. The maximum absolute atomic E-state index is 12.4. The minimum Gasteiger partial charge on any atom is -0.486 e. The molecule has 0 saturated carbocycles. The van der Waals surface area contributed by atoms with E-state index in [0.29, 0.717) is 30.3 Å². The number of hydrogen-bond donors (Lipinski definition) is 1. The van der Waals surface area contributed by atoms with Crippen LogP contribution in [-0.2, 0) is 10.0 Å². The van der Waals surface area contributed by atoms with Crippen LogP contribution in [-0.4, -0.2) is 27.5 Å². The Labute approximate surface area is 144 Å². The third-order valence-corrected chi connectivity index (χ3v) is 5.24. The highest BCUT2D eigenvalue weighted by atomic mass is 35.5. The van der Waals surface area contributed by atoms with Crippen LogP contribution in [0.1, 0.15) is 15.9 Å². The summed E-state index contributed by atoms with van der Waals surface area (Å²) in [6.45, 7) is 2.34. The SMILES string of the molecule is Cc1ccccc1S(=O)(=O)NC(=O)c1cc(Cl)c2c(c1)OCCO2. The summed E-state index contributed by atoms with van der Waals surface area (Å²) in [7, 11) is -3.99. The molecule has 1 amide bonds. The quantitative estimate of drug-likeness (QED) is 0.901. The average molecular weight is 368 g/mol. The third kappa shape index (κ3) is 3.18. The molecule has 126 valence electrons. The number of rotatable bonds is 3. The zero-order chi connectivity index (χ0) is 17.3. The largest absolute Gasteiger partial charge is 0.486 e. The molecule has 6 nitrogen and oxygen atoms in total. The van der Waals surface area contributed by atoms with Crippen molar-refractivity contribution in [2.75, 3.05) is 13.2 Å². The fraction of sp³-hybridized carbons (Fsp3) is 0.188. The molecule has 1 aliphatic rings. The molecule has 0 aliphatic carbocycles. The lowest BCUT2D eigenvalue weighted by Crippen LogP contribution is -2.31. The van der Waals surface area contributed by atoms with Crippen molar-refractivity contribution in [2.24, 2.45) is 0 Å². The van der Waals surface area contributed by atoms with Gasteiger partial charge in [-0.05, 0) is 30.7 Å². The molecule has 0 aromatic heterocycles. The lowest BCUT2D eigenvalue weighted by Gasteiger charge is -2.20. The van der Waals surface area contributed by atoms with E-state index in [1.807, 2.05) is 4.72 Å². The van der Waals surface area contributed by atoms with Crippen LogP contribution in [0.5, 0.6) is 11.5 Å². The summed E-state index contributed by atoms with van der Waals surface area (Å²) in [4.78, 5) is 12.4. The molecule has 0 fully saturated rings. The second kappa shape index (κ2) is 6.33. The van der Waals surface area contributed by atoms with E-state index in [0.717, 1.165) is 0 Å². The molecule has 8 heteroatoms. The number of halogens is 1. The topological polar surface area (TPSA) is 81.7 Å². The van der Waals surface area contributed by atoms with Crippen LogP contribution >= 0.6 is 11.6 Å². The summed E-state index contributed by atoms with van der Waals surface area (Å²) >= 11 is 6.07. The molecule has 0 bridgehead atoms. The normalized spacial score (nSPS) is 13.4. The van der Waals surface area contributed by atoms with Crippen LogP contribution in [0.25, 0.3) is 0 Å². The first kappa shape index (κ1) is 16.6. The standard InChI is InChI=1S/C16H14ClNO5S/c1-10-4-2-3-5-14(10)24(20,21)18-16(19)11-8-12(17)15-13(9-11)22-6-7-23-15/h2-5,8-9H,6-7H2,1H3,(H,18,19). The van der Waals surface area contributed by atoms with Crippen LogP contribution in [0.3, 0.4) is 0 Å². The number of hydrogen-bond acceptors (Lipinski definition) is 5. The molecule has 0 unspecified atom stereocenters. The molecule has 0 radical (unpaired) electrons. The van der Waals surface area contributed by atoms with E-state index < -0.39 is 15.9 Å². The van der Waals surface area contributed by atoms with E-state index in [9.17, 15) is 13.2 Å². The molecule has 0 spiro atoms. The Morgan fingerprint density at radius 1 is 1.17 bits per heavy atom. The van der Waals surface area contributed by atoms with Gasteiger partial charge in [-0.3, -0.25) is 4.79 Å². The van der Waals surface area contributed by atoms with Gasteiger partial charge < -0.3 is 9.47 Å². The minimum atomic E-state index is -3.99. The predicted octanol–water partition coefficient (Wildman–Crippen LogP) is 2.54. The van der Waals surface area contributed by atoms with Crippen molar-refractivity contribution >= 4 is 27.5 Å². The lowest BCUT2D eigenvalue weighted by atomic mass is 10.2. The molecule has 2 aromatic carbocycles. The first-order valence-electron chi connectivity index (χ1n) is 7.10. The van der Waals surface area contributed by atoms with E-state index in [1.165, 1.54) is 18.2 Å². The first-order valence-corrected chi connectivity index (χ1v) is 8.96. The number of nitrogens with one attached hydrogen (secondary N) is 1. The first-order chi connectivity index (χ1) is 11.4. The third-order valence-electron chi connectivity index (χ3n) is 3.47. The fourth-order valence-electron chi connectivity index (χ4n) is 2.34. The van der Waals surface area contributed by atoms with Crippen LogP contribution in [0.2, 0.25) is 5.02 Å². The molecular weight excluding hydrogens is 354 g/mol. The summed E-state index contributed by atoms with van der Waals surface area (Å²) < 4.78 is 37.6. The van der Waals surface area contributed by atoms with Crippen molar-refractivity contribution < 1.29 is 22.7 Å². The summed E-state index contributed by atoms with van der Waals surface area (Å²) in [5.74, 6) is -0.134. The number of carbonyl (C=O) groups is 1. The number of ether oxygens (including phenoxy) is 2. The van der Waals surface area contributed by atoms with Gasteiger partial charge in [0.05, 0.1) is 9.92 Å². The maximum Gasteiger partial charge on any atom is 0.265 e. The van der Waals surface area contributed by atoms with Gasteiger partial charge in [-0.2, -0.15) is 0 Å². The number of carbonyl (C=O) groups excluding carboxylic acids is 1. The van der Waals surface area contributed by atoms with E-state index in [1.54, 1.807) is 25.1 Å². The van der Waals surface area contributed by atoms with E-state index in [2.05, 4.69) is 0 Å². The second-order valence-corrected chi connectivity index (χ2v) is 7.24. The monoisotopic (exact) mass is 367 g/mol. The number of sulfonamides is 1. The number of amides is 1. The zero-order valence-electron chi connectivity index (χ0n) is 12.7. The molecule has 24 heavy (non-hydrogen) atoms.